The van der Waals surface area contributed by atoms with Gasteiger partial charge >= 0.3 is 0 Å². The number of piperidine rings is 1. The number of ether oxygens (including phenoxy) is 2. The molecule has 1 heterocycles. The molecule has 0 aliphatic carbocycles. The molecule has 5 nitrogen and oxygen atoms in total. The molecule has 21 heavy (non-hydrogen) atoms. The van der Waals surface area contributed by atoms with Crippen molar-refractivity contribution in [2.24, 2.45) is 0 Å². The molecule has 1 aromatic rings. The van der Waals surface area contributed by atoms with Crippen LogP contribution in [0.25, 0.3) is 0 Å². The molecule has 5 heteroatoms. The van der Waals surface area contributed by atoms with Crippen LogP contribution in [0.15, 0.2) is 18.2 Å². The van der Waals surface area contributed by atoms with E-state index in [9.17, 15) is 9.90 Å². The van der Waals surface area contributed by atoms with Crippen molar-refractivity contribution in [3.63, 3.8) is 0 Å². The third-order valence-corrected chi connectivity index (χ3v) is 3.83. The number of aliphatic hydroxyl groups is 1. The maximum atomic E-state index is 12.4. The zero-order valence-electron chi connectivity index (χ0n) is 12.9. The summed E-state index contributed by atoms with van der Waals surface area (Å²) in [5.41, 5.74) is 0.105. The second-order valence-corrected chi connectivity index (χ2v) is 5.78. The van der Waals surface area contributed by atoms with E-state index in [1.165, 1.54) is 0 Å². The number of nitrogens with zero attached hydrogens (tertiary/aromatic N) is 1. The summed E-state index contributed by atoms with van der Waals surface area (Å²) >= 11 is 0. The molecule has 1 aliphatic rings. The minimum absolute atomic E-state index is 0.0298. The third-order valence-electron chi connectivity index (χ3n) is 3.83. The highest BCUT2D eigenvalue weighted by Crippen LogP contribution is 2.28. The average Bonchev–Trinajstić information content (AvgIpc) is 2.46. The Morgan fingerprint density at radius 2 is 2.05 bits per heavy atom. The zero-order chi connectivity index (χ0) is 15.5. The Morgan fingerprint density at radius 1 is 1.33 bits per heavy atom. The lowest BCUT2D eigenvalue weighted by Crippen LogP contribution is -2.49. The number of rotatable bonds is 4. The molecule has 1 saturated heterocycles. The van der Waals surface area contributed by atoms with E-state index in [1.807, 2.05) is 12.1 Å². The van der Waals surface area contributed by atoms with E-state index in [-0.39, 0.29) is 5.91 Å². The van der Waals surface area contributed by atoms with Gasteiger partial charge in [-0.15, -0.1) is 0 Å². The minimum atomic E-state index is -0.772. The van der Waals surface area contributed by atoms with Gasteiger partial charge in [0.15, 0.2) is 11.5 Å². The largest absolute Gasteiger partial charge is 0.493 e. The summed E-state index contributed by atoms with van der Waals surface area (Å²) in [5.74, 6) is 1.30. The maximum Gasteiger partial charge on any atom is 0.227 e. The number of hydrogen-bond acceptors (Lipinski definition) is 4. The van der Waals surface area contributed by atoms with Crippen LogP contribution in [0.3, 0.4) is 0 Å². The number of carbonyl (C=O) groups excluding carboxylic acids is 1. The van der Waals surface area contributed by atoms with Crippen LogP contribution in [0, 0.1) is 0 Å². The van der Waals surface area contributed by atoms with Crippen molar-refractivity contribution in [1.29, 1.82) is 0 Å². The second kappa shape index (κ2) is 6.35. The van der Waals surface area contributed by atoms with Crippen LogP contribution in [0.2, 0.25) is 0 Å². The predicted molar refractivity (Wildman–Crippen MR) is 79.7 cm³/mol. The van der Waals surface area contributed by atoms with Crippen molar-refractivity contribution < 1.29 is 19.4 Å². The fourth-order valence-corrected chi connectivity index (χ4v) is 2.71. The first-order valence-corrected chi connectivity index (χ1v) is 7.16. The van der Waals surface area contributed by atoms with E-state index in [4.69, 9.17) is 9.47 Å². The van der Waals surface area contributed by atoms with Gasteiger partial charge in [-0.25, -0.2) is 0 Å². The SMILES string of the molecule is COc1ccc(CC(=O)N2CCCC(C)(O)C2)cc1OC. The predicted octanol–water partition coefficient (Wildman–Crippen LogP) is 1.62. The molecule has 1 aliphatic heterocycles. The number of carbonyl (C=O) groups is 1. The van der Waals surface area contributed by atoms with E-state index in [0.717, 1.165) is 18.4 Å². The smallest absolute Gasteiger partial charge is 0.227 e. The first kappa shape index (κ1) is 15.6. The molecule has 2 rings (SSSR count). The highest BCUT2D eigenvalue weighted by atomic mass is 16.5. The molecule has 1 aromatic carbocycles. The van der Waals surface area contributed by atoms with Crippen LogP contribution < -0.4 is 9.47 Å². The molecule has 0 radical (unpaired) electrons. The molecule has 1 atom stereocenters. The first-order valence-electron chi connectivity index (χ1n) is 7.16. The standard InChI is InChI=1S/C16H23NO4/c1-16(19)7-4-8-17(11-16)15(18)10-12-5-6-13(20-2)14(9-12)21-3/h5-6,9,19H,4,7-8,10-11H2,1-3H3. The first-order chi connectivity index (χ1) is 9.95. The maximum absolute atomic E-state index is 12.4. The van der Waals surface area contributed by atoms with Crippen molar-refractivity contribution in [3.05, 3.63) is 23.8 Å². The molecule has 1 unspecified atom stereocenters. The number of β-amino-alcohol motifs (C(OH)–C–C–N with tert-alkyl or cyclic N) is 1. The van der Waals surface area contributed by atoms with Gasteiger partial charge < -0.3 is 19.5 Å². The fourth-order valence-electron chi connectivity index (χ4n) is 2.71. The van der Waals surface area contributed by atoms with Crippen LogP contribution in [0.4, 0.5) is 0 Å². The molecule has 1 fully saturated rings. The molecule has 116 valence electrons. The van der Waals surface area contributed by atoms with Crippen LogP contribution in [0.1, 0.15) is 25.3 Å². The lowest BCUT2D eigenvalue weighted by atomic mass is 9.94. The van der Waals surface area contributed by atoms with Gasteiger partial charge in [-0.2, -0.15) is 0 Å². The van der Waals surface area contributed by atoms with Gasteiger partial charge in [-0.1, -0.05) is 6.07 Å². The molecule has 1 amide bonds. The molecule has 0 spiro atoms. The Hall–Kier alpha value is -1.75. The minimum Gasteiger partial charge on any atom is -0.493 e. The zero-order valence-corrected chi connectivity index (χ0v) is 12.9. The normalized spacial score (nSPS) is 22.0. The Labute approximate surface area is 125 Å². The van der Waals surface area contributed by atoms with Gasteiger partial charge in [0.1, 0.15) is 0 Å². The topological polar surface area (TPSA) is 59.0 Å². The molecule has 0 aromatic heterocycles. The average molecular weight is 293 g/mol. The van der Waals surface area contributed by atoms with Crippen LogP contribution in [-0.2, 0) is 11.2 Å². The molecular weight excluding hydrogens is 270 g/mol. The van der Waals surface area contributed by atoms with Crippen molar-refractivity contribution >= 4 is 5.91 Å². The van der Waals surface area contributed by atoms with Crippen molar-refractivity contribution in [3.8, 4) is 11.5 Å². The van der Waals surface area contributed by atoms with Gasteiger partial charge in [-0.05, 0) is 37.5 Å². The quantitative estimate of drug-likeness (QED) is 0.916. The molecular formula is C16H23NO4. The number of amides is 1. The lowest BCUT2D eigenvalue weighted by Gasteiger charge is -2.36. The Balaban J connectivity index is 2.05. The molecule has 1 N–H and O–H groups in total. The van der Waals surface area contributed by atoms with E-state index < -0.39 is 5.60 Å². The van der Waals surface area contributed by atoms with Crippen LogP contribution >= 0.6 is 0 Å². The van der Waals surface area contributed by atoms with Crippen molar-refractivity contribution in [1.82, 2.24) is 4.90 Å². The third kappa shape index (κ3) is 3.88. The fraction of sp³-hybridized carbons (Fsp3) is 0.562. The Bertz CT molecular complexity index is 513. The van der Waals surface area contributed by atoms with E-state index >= 15 is 0 Å². The Kier molecular flexibility index (Phi) is 4.73. The van der Waals surface area contributed by atoms with Gasteiger partial charge in [0.25, 0.3) is 0 Å². The highest BCUT2D eigenvalue weighted by molar-refractivity contribution is 5.79. The number of methoxy groups -OCH3 is 2. The molecule has 0 saturated carbocycles. The summed E-state index contributed by atoms with van der Waals surface area (Å²) in [6.45, 7) is 2.89. The lowest BCUT2D eigenvalue weighted by molar-refractivity contribution is -0.136. The summed E-state index contributed by atoms with van der Waals surface area (Å²) in [6, 6.07) is 5.48. The summed E-state index contributed by atoms with van der Waals surface area (Å²) in [6.07, 6.45) is 1.88. The summed E-state index contributed by atoms with van der Waals surface area (Å²) in [4.78, 5) is 14.1. The number of benzene rings is 1. The monoisotopic (exact) mass is 293 g/mol. The van der Waals surface area contributed by atoms with E-state index in [0.29, 0.717) is 31.0 Å². The van der Waals surface area contributed by atoms with Gasteiger partial charge in [0.05, 0.1) is 26.2 Å². The van der Waals surface area contributed by atoms with Crippen molar-refractivity contribution in [2.75, 3.05) is 27.3 Å². The number of hydrogen-bond donors (Lipinski definition) is 1. The van der Waals surface area contributed by atoms with E-state index in [2.05, 4.69) is 0 Å². The highest BCUT2D eigenvalue weighted by Gasteiger charge is 2.30. The van der Waals surface area contributed by atoms with Gasteiger partial charge in [0, 0.05) is 13.1 Å². The second-order valence-electron chi connectivity index (χ2n) is 5.78. The summed E-state index contributed by atoms with van der Waals surface area (Å²) in [5, 5.41) is 10.1. The summed E-state index contributed by atoms with van der Waals surface area (Å²) < 4.78 is 10.4. The van der Waals surface area contributed by atoms with Crippen LogP contribution in [0.5, 0.6) is 11.5 Å². The molecule has 0 bridgehead atoms. The van der Waals surface area contributed by atoms with Crippen LogP contribution in [-0.4, -0.2) is 48.8 Å². The van der Waals surface area contributed by atoms with Gasteiger partial charge in [-0.3, -0.25) is 4.79 Å². The number of likely N-dealkylation sites (tertiary alicyclic amines) is 1. The van der Waals surface area contributed by atoms with E-state index in [1.54, 1.807) is 32.1 Å². The Morgan fingerprint density at radius 3 is 2.67 bits per heavy atom. The van der Waals surface area contributed by atoms with Gasteiger partial charge in [0.2, 0.25) is 5.91 Å². The van der Waals surface area contributed by atoms with Crippen molar-refractivity contribution in [2.45, 2.75) is 31.8 Å². The summed E-state index contributed by atoms with van der Waals surface area (Å²) in [7, 11) is 3.16.